The predicted molar refractivity (Wildman–Crippen MR) is 58.5 cm³/mol. The van der Waals surface area contributed by atoms with Crippen LogP contribution >= 0.6 is 0 Å². The second-order valence-corrected chi connectivity index (χ2v) is 3.89. The minimum atomic E-state index is -0.409. The predicted octanol–water partition coefficient (Wildman–Crippen LogP) is -0.828. The molecule has 0 radical (unpaired) electrons. The van der Waals surface area contributed by atoms with Crippen molar-refractivity contribution >= 4 is 5.91 Å². The molecule has 0 aromatic rings. The minimum Gasteiger partial charge on any atom is -0.379 e. The van der Waals surface area contributed by atoms with Gasteiger partial charge < -0.3 is 15.8 Å². The summed E-state index contributed by atoms with van der Waals surface area (Å²) in [6, 6.07) is -0.409. The lowest BCUT2D eigenvalue weighted by Crippen LogP contribution is -2.41. The van der Waals surface area contributed by atoms with Gasteiger partial charge in [-0.15, -0.1) is 0 Å². The average Bonchev–Trinajstić information content (AvgIpc) is 2.25. The van der Waals surface area contributed by atoms with Gasteiger partial charge in [-0.05, 0) is 19.9 Å². The first-order valence-corrected chi connectivity index (χ1v) is 5.53. The monoisotopic (exact) mass is 215 g/mol. The molecule has 1 fully saturated rings. The molecule has 0 aromatic carbocycles. The highest BCUT2D eigenvalue weighted by atomic mass is 16.5. The van der Waals surface area contributed by atoms with E-state index >= 15 is 0 Å². The Kier molecular flexibility index (Phi) is 5.60. The molecule has 0 spiro atoms. The number of carbonyl (C=O) groups excluding carboxylic acids is 1. The molecule has 15 heavy (non-hydrogen) atoms. The van der Waals surface area contributed by atoms with Crippen molar-refractivity contribution in [3.8, 4) is 0 Å². The number of hydrogen-bond donors (Lipinski definition) is 2. The minimum absolute atomic E-state index is 0.0722. The van der Waals surface area contributed by atoms with Gasteiger partial charge in [-0.2, -0.15) is 0 Å². The van der Waals surface area contributed by atoms with Gasteiger partial charge in [0.1, 0.15) is 0 Å². The van der Waals surface area contributed by atoms with Gasteiger partial charge in [0.2, 0.25) is 5.91 Å². The normalized spacial score (nSPS) is 19.9. The van der Waals surface area contributed by atoms with E-state index in [1.807, 2.05) is 0 Å². The van der Waals surface area contributed by atoms with E-state index in [-0.39, 0.29) is 5.91 Å². The van der Waals surface area contributed by atoms with Crippen LogP contribution in [0.15, 0.2) is 0 Å². The first-order chi connectivity index (χ1) is 7.20. The summed E-state index contributed by atoms with van der Waals surface area (Å²) in [6.07, 6.45) is 0.971. The molecular formula is C10H21N3O2. The van der Waals surface area contributed by atoms with Crippen molar-refractivity contribution in [1.29, 1.82) is 0 Å². The maximum Gasteiger partial charge on any atom is 0.236 e. The van der Waals surface area contributed by atoms with Gasteiger partial charge in [-0.25, -0.2) is 0 Å². The molecule has 0 unspecified atom stereocenters. The van der Waals surface area contributed by atoms with Crippen LogP contribution in [0.2, 0.25) is 0 Å². The number of nitrogens with two attached hydrogens (primary N) is 1. The van der Waals surface area contributed by atoms with Crippen molar-refractivity contribution in [3.63, 3.8) is 0 Å². The van der Waals surface area contributed by atoms with Gasteiger partial charge in [0.15, 0.2) is 0 Å². The van der Waals surface area contributed by atoms with E-state index in [0.29, 0.717) is 6.54 Å². The quantitative estimate of drug-likeness (QED) is 0.588. The summed E-state index contributed by atoms with van der Waals surface area (Å²) in [6.45, 7) is 7.07. The Labute approximate surface area is 90.9 Å². The molecule has 0 bridgehead atoms. The Hall–Kier alpha value is -0.650. The number of nitrogens with zero attached hydrogens (tertiary/aromatic N) is 1. The van der Waals surface area contributed by atoms with Crippen molar-refractivity contribution in [2.24, 2.45) is 5.73 Å². The fourth-order valence-corrected chi connectivity index (χ4v) is 1.50. The van der Waals surface area contributed by atoms with Crippen LogP contribution in [0.5, 0.6) is 0 Å². The molecule has 0 aliphatic carbocycles. The van der Waals surface area contributed by atoms with Crippen molar-refractivity contribution in [3.05, 3.63) is 0 Å². The van der Waals surface area contributed by atoms with Gasteiger partial charge in [-0.3, -0.25) is 9.69 Å². The van der Waals surface area contributed by atoms with Crippen LogP contribution in [0.3, 0.4) is 0 Å². The van der Waals surface area contributed by atoms with Crippen LogP contribution in [0.4, 0.5) is 0 Å². The third-order valence-corrected chi connectivity index (χ3v) is 2.47. The van der Waals surface area contributed by atoms with E-state index in [2.05, 4.69) is 10.2 Å². The van der Waals surface area contributed by atoms with E-state index in [0.717, 1.165) is 39.3 Å². The topological polar surface area (TPSA) is 67.6 Å². The number of amides is 1. The number of hydrogen-bond acceptors (Lipinski definition) is 4. The van der Waals surface area contributed by atoms with E-state index in [9.17, 15) is 4.79 Å². The lowest BCUT2D eigenvalue weighted by Gasteiger charge is -2.26. The summed E-state index contributed by atoms with van der Waals surface area (Å²) in [7, 11) is 0. The van der Waals surface area contributed by atoms with E-state index in [4.69, 9.17) is 10.5 Å². The molecule has 1 aliphatic heterocycles. The van der Waals surface area contributed by atoms with Crippen LogP contribution in [0.1, 0.15) is 13.3 Å². The molecule has 1 heterocycles. The first-order valence-electron chi connectivity index (χ1n) is 5.53. The fourth-order valence-electron chi connectivity index (χ4n) is 1.50. The highest BCUT2D eigenvalue weighted by Crippen LogP contribution is 1.97. The second kappa shape index (κ2) is 6.76. The Morgan fingerprint density at radius 3 is 2.80 bits per heavy atom. The summed E-state index contributed by atoms with van der Waals surface area (Å²) >= 11 is 0. The van der Waals surface area contributed by atoms with Crippen molar-refractivity contribution < 1.29 is 9.53 Å². The second-order valence-electron chi connectivity index (χ2n) is 3.89. The van der Waals surface area contributed by atoms with Gasteiger partial charge in [0, 0.05) is 19.6 Å². The molecule has 0 saturated carbocycles. The van der Waals surface area contributed by atoms with E-state index in [1.54, 1.807) is 6.92 Å². The van der Waals surface area contributed by atoms with Crippen molar-refractivity contribution in [2.45, 2.75) is 19.4 Å². The van der Waals surface area contributed by atoms with Crippen LogP contribution in [-0.4, -0.2) is 56.2 Å². The molecule has 0 aromatic heterocycles. The molecule has 5 nitrogen and oxygen atoms in total. The highest BCUT2D eigenvalue weighted by molar-refractivity contribution is 5.80. The lowest BCUT2D eigenvalue weighted by molar-refractivity contribution is -0.122. The molecule has 5 heteroatoms. The average molecular weight is 215 g/mol. The van der Waals surface area contributed by atoms with E-state index < -0.39 is 6.04 Å². The lowest BCUT2D eigenvalue weighted by atomic mass is 10.3. The molecule has 88 valence electrons. The van der Waals surface area contributed by atoms with Crippen LogP contribution in [0.25, 0.3) is 0 Å². The Morgan fingerprint density at radius 1 is 1.53 bits per heavy atom. The summed E-state index contributed by atoms with van der Waals surface area (Å²) in [5, 5.41) is 2.80. The molecule has 1 atom stereocenters. The third kappa shape index (κ3) is 5.11. The van der Waals surface area contributed by atoms with Crippen LogP contribution in [-0.2, 0) is 9.53 Å². The number of nitrogens with one attached hydrogen (secondary N) is 1. The van der Waals surface area contributed by atoms with Gasteiger partial charge in [0.25, 0.3) is 0 Å². The molecule has 1 rings (SSSR count). The smallest absolute Gasteiger partial charge is 0.236 e. The number of morpholine rings is 1. The zero-order chi connectivity index (χ0) is 11.1. The Bertz CT molecular complexity index is 191. The van der Waals surface area contributed by atoms with E-state index in [1.165, 1.54) is 0 Å². The molecular weight excluding hydrogens is 194 g/mol. The molecule has 1 amide bonds. The van der Waals surface area contributed by atoms with Crippen LogP contribution < -0.4 is 11.1 Å². The number of carbonyl (C=O) groups is 1. The molecule has 1 aliphatic rings. The van der Waals surface area contributed by atoms with Crippen molar-refractivity contribution in [2.75, 3.05) is 39.4 Å². The first kappa shape index (κ1) is 12.4. The van der Waals surface area contributed by atoms with Crippen molar-refractivity contribution in [1.82, 2.24) is 10.2 Å². The van der Waals surface area contributed by atoms with Gasteiger partial charge in [0.05, 0.1) is 19.3 Å². The molecule has 1 saturated heterocycles. The maximum atomic E-state index is 11.1. The fraction of sp³-hybridized carbons (Fsp3) is 0.900. The standard InChI is InChI=1S/C10H21N3O2/c1-9(11)10(14)12-3-2-4-13-5-7-15-8-6-13/h9H,2-8,11H2,1H3,(H,12,14)/t9-/m1/s1. The maximum absolute atomic E-state index is 11.1. The summed E-state index contributed by atoms with van der Waals surface area (Å²) < 4.78 is 5.25. The SMILES string of the molecule is C[C@@H](N)C(=O)NCCCN1CCOCC1. The number of ether oxygens (including phenoxy) is 1. The zero-order valence-electron chi connectivity index (χ0n) is 9.37. The van der Waals surface area contributed by atoms with Crippen LogP contribution in [0, 0.1) is 0 Å². The van der Waals surface area contributed by atoms with Gasteiger partial charge in [-0.1, -0.05) is 0 Å². The molecule has 3 N–H and O–H groups in total. The number of rotatable bonds is 5. The summed E-state index contributed by atoms with van der Waals surface area (Å²) in [4.78, 5) is 13.5. The third-order valence-electron chi connectivity index (χ3n) is 2.47. The highest BCUT2D eigenvalue weighted by Gasteiger charge is 2.10. The summed E-state index contributed by atoms with van der Waals surface area (Å²) in [5.74, 6) is -0.0722. The largest absolute Gasteiger partial charge is 0.379 e. The summed E-state index contributed by atoms with van der Waals surface area (Å²) in [5.41, 5.74) is 5.42. The zero-order valence-corrected chi connectivity index (χ0v) is 9.37. The Balaban J connectivity index is 1.98. The van der Waals surface area contributed by atoms with Gasteiger partial charge >= 0.3 is 0 Å². The Morgan fingerprint density at radius 2 is 2.20 bits per heavy atom.